The molecule has 0 aromatic heterocycles. The fraction of sp³-hybridized carbons (Fsp3) is 0.118. The Morgan fingerprint density at radius 3 is 2.23 bits per heavy atom. The standard InChI is InChI=1S/C34H27O4P/c1-21-11-15-23(16-12-21)29-19-25-7-3-5-9-27(25)31-32-28-10-6-4-8-26(28)20-30(24-17-13-22(2)14-18-24)34(32)38-39(35,36)37-33(29)31/h3-20,29,33H,1-2H3,(H,35,36)/t29?,33-/m1/s1. The third-order valence-corrected chi connectivity index (χ3v) is 8.68. The SMILES string of the molecule is Cc1ccc(-c2cc3ccccc3c3c2OP(=O)(O)O[C@H]2C3=c3ccccc3=CC2c2ccc(C)cc2)cc1. The van der Waals surface area contributed by atoms with Crippen molar-refractivity contribution in [3.05, 3.63) is 136 Å². The highest BCUT2D eigenvalue weighted by molar-refractivity contribution is 7.48. The van der Waals surface area contributed by atoms with Gasteiger partial charge in [0.05, 0.1) is 0 Å². The van der Waals surface area contributed by atoms with Crippen molar-refractivity contribution in [2.24, 2.45) is 0 Å². The lowest BCUT2D eigenvalue weighted by molar-refractivity contribution is 0.170. The van der Waals surface area contributed by atoms with Crippen LogP contribution in [0.25, 0.3) is 33.5 Å². The number of fused-ring (bicyclic) bond motifs is 6. The largest absolute Gasteiger partial charge is 0.528 e. The molecule has 5 aromatic rings. The summed E-state index contributed by atoms with van der Waals surface area (Å²) < 4.78 is 25.8. The van der Waals surface area contributed by atoms with Crippen molar-refractivity contribution in [1.82, 2.24) is 0 Å². The molecule has 4 nitrogen and oxygen atoms in total. The average Bonchev–Trinajstić information content (AvgIpc) is 3.06. The van der Waals surface area contributed by atoms with Gasteiger partial charge in [0.1, 0.15) is 11.9 Å². The lowest BCUT2D eigenvalue weighted by Crippen LogP contribution is -2.39. The van der Waals surface area contributed by atoms with E-state index in [2.05, 4.69) is 54.6 Å². The van der Waals surface area contributed by atoms with Gasteiger partial charge in [0, 0.05) is 22.6 Å². The highest BCUT2D eigenvalue weighted by Crippen LogP contribution is 2.58. The van der Waals surface area contributed by atoms with Crippen LogP contribution < -0.4 is 15.0 Å². The van der Waals surface area contributed by atoms with Crippen molar-refractivity contribution in [1.29, 1.82) is 0 Å². The minimum Gasteiger partial charge on any atom is -0.403 e. The quantitative estimate of drug-likeness (QED) is 0.256. The predicted octanol–water partition coefficient (Wildman–Crippen LogP) is 6.78. The van der Waals surface area contributed by atoms with E-state index in [1.165, 1.54) is 0 Å². The van der Waals surface area contributed by atoms with Gasteiger partial charge in [-0.25, -0.2) is 4.57 Å². The third kappa shape index (κ3) is 4.13. The van der Waals surface area contributed by atoms with Gasteiger partial charge in [0.2, 0.25) is 0 Å². The maximum Gasteiger partial charge on any atom is 0.528 e. The van der Waals surface area contributed by atoms with Crippen molar-refractivity contribution in [3.63, 3.8) is 0 Å². The minimum atomic E-state index is -4.51. The molecule has 1 N–H and O–H groups in total. The van der Waals surface area contributed by atoms with Gasteiger partial charge in [-0.2, -0.15) is 0 Å². The summed E-state index contributed by atoms with van der Waals surface area (Å²) in [4.78, 5) is 11.2. The Hall–Kier alpha value is -3.95. The highest BCUT2D eigenvalue weighted by Gasteiger charge is 2.43. The molecular formula is C34H27O4P. The first kappa shape index (κ1) is 24.1. The number of rotatable bonds is 2. The number of benzene rings is 5. The minimum absolute atomic E-state index is 0.285. The zero-order valence-corrected chi connectivity index (χ0v) is 22.6. The average molecular weight is 531 g/mol. The zero-order valence-electron chi connectivity index (χ0n) is 21.7. The smallest absolute Gasteiger partial charge is 0.403 e. The lowest BCUT2D eigenvalue weighted by Gasteiger charge is -2.29. The molecule has 0 saturated carbocycles. The Balaban J connectivity index is 1.63. The second-order valence-electron chi connectivity index (χ2n) is 10.4. The van der Waals surface area contributed by atoms with Crippen LogP contribution in [0, 0.1) is 13.8 Å². The molecule has 0 radical (unpaired) electrons. The molecule has 5 heteroatoms. The van der Waals surface area contributed by atoms with E-state index in [0.717, 1.165) is 60.2 Å². The molecule has 0 fully saturated rings. The monoisotopic (exact) mass is 530 g/mol. The van der Waals surface area contributed by atoms with E-state index in [4.69, 9.17) is 9.05 Å². The fourth-order valence-electron chi connectivity index (χ4n) is 5.87. The molecule has 0 amide bonds. The molecule has 7 rings (SSSR count). The van der Waals surface area contributed by atoms with Gasteiger partial charge in [0.25, 0.3) is 0 Å². The number of aryl methyl sites for hydroxylation is 2. The van der Waals surface area contributed by atoms with E-state index in [1.54, 1.807) is 0 Å². The van der Waals surface area contributed by atoms with Gasteiger partial charge < -0.3 is 4.52 Å². The second-order valence-corrected chi connectivity index (χ2v) is 11.7. The number of phosphoric acid groups is 1. The van der Waals surface area contributed by atoms with Crippen molar-refractivity contribution in [3.8, 4) is 16.9 Å². The third-order valence-electron chi connectivity index (χ3n) is 7.77. The van der Waals surface area contributed by atoms with Crippen LogP contribution in [0.15, 0.2) is 103 Å². The van der Waals surface area contributed by atoms with Crippen LogP contribution in [0.3, 0.4) is 0 Å². The molecule has 0 bridgehead atoms. The van der Waals surface area contributed by atoms with Gasteiger partial charge in [-0.15, -0.1) is 0 Å². The van der Waals surface area contributed by atoms with Crippen LogP contribution in [-0.2, 0) is 9.09 Å². The number of hydrogen-bond donors (Lipinski definition) is 1. The van der Waals surface area contributed by atoms with E-state index in [9.17, 15) is 9.46 Å². The maximum absolute atomic E-state index is 13.7. The number of phosphoric ester groups is 1. The van der Waals surface area contributed by atoms with Crippen molar-refractivity contribution in [2.75, 3.05) is 0 Å². The first-order valence-electron chi connectivity index (χ1n) is 13.1. The van der Waals surface area contributed by atoms with E-state index in [1.807, 2.05) is 68.4 Å². The summed E-state index contributed by atoms with van der Waals surface area (Å²) in [5, 5.41) is 4.01. The van der Waals surface area contributed by atoms with E-state index in [0.29, 0.717) is 5.75 Å². The molecular weight excluding hydrogens is 503 g/mol. The van der Waals surface area contributed by atoms with Crippen LogP contribution in [0.2, 0.25) is 0 Å². The van der Waals surface area contributed by atoms with Gasteiger partial charge in [-0.3, -0.25) is 9.42 Å². The van der Waals surface area contributed by atoms with E-state index in [-0.39, 0.29) is 5.92 Å². The van der Waals surface area contributed by atoms with Crippen molar-refractivity contribution < 1.29 is 18.5 Å². The number of hydrogen-bond acceptors (Lipinski definition) is 3. The summed E-state index contributed by atoms with van der Waals surface area (Å²) in [5.41, 5.74) is 6.64. The van der Waals surface area contributed by atoms with E-state index >= 15 is 0 Å². The van der Waals surface area contributed by atoms with Crippen LogP contribution in [-0.4, -0.2) is 11.0 Å². The van der Waals surface area contributed by atoms with E-state index < -0.39 is 13.9 Å². The molecule has 192 valence electrons. The highest BCUT2D eigenvalue weighted by atomic mass is 31.2. The van der Waals surface area contributed by atoms with Gasteiger partial charge in [-0.1, -0.05) is 114 Å². The molecule has 2 unspecified atom stereocenters. The van der Waals surface area contributed by atoms with Crippen LogP contribution >= 0.6 is 7.82 Å². The summed E-state index contributed by atoms with van der Waals surface area (Å²) in [6.07, 6.45) is 1.42. The Bertz CT molecular complexity index is 1920. The molecule has 5 aromatic carbocycles. The Labute approximate surface area is 227 Å². The molecule has 0 spiro atoms. The maximum atomic E-state index is 13.7. The fourth-order valence-corrected chi connectivity index (χ4v) is 6.86. The summed E-state index contributed by atoms with van der Waals surface area (Å²) in [6, 6.07) is 34.7. The van der Waals surface area contributed by atoms with Crippen molar-refractivity contribution >= 4 is 30.2 Å². The molecule has 1 aliphatic heterocycles. The summed E-state index contributed by atoms with van der Waals surface area (Å²) >= 11 is 0. The normalized spacial score (nSPS) is 21.7. The lowest BCUT2D eigenvalue weighted by atomic mass is 9.78. The van der Waals surface area contributed by atoms with Gasteiger partial charge >= 0.3 is 7.82 Å². The molecule has 2 aliphatic rings. The summed E-state index contributed by atoms with van der Waals surface area (Å²) in [6.45, 7) is 4.09. The Morgan fingerprint density at radius 1 is 0.795 bits per heavy atom. The Kier molecular flexibility index (Phi) is 5.61. The molecule has 1 aliphatic carbocycles. The van der Waals surface area contributed by atoms with Gasteiger partial charge in [0.15, 0.2) is 0 Å². The first-order valence-corrected chi connectivity index (χ1v) is 14.6. The molecule has 3 atom stereocenters. The summed E-state index contributed by atoms with van der Waals surface area (Å²) in [7, 11) is -4.51. The Morgan fingerprint density at radius 2 is 1.46 bits per heavy atom. The van der Waals surface area contributed by atoms with Crippen LogP contribution in [0.4, 0.5) is 0 Å². The molecule has 39 heavy (non-hydrogen) atoms. The van der Waals surface area contributed by atoms with Crippen LogP contribution in [0.1, 0.15) is 28.2 Å². The second kappa shape index (κ2) is 9.07. The zero-order chi connectivity index (χ0) is 26.7. The van der Waals surface area contributed by atoms with Gasteiger partial charge in [-0.05, 0) is 52.3 Å². The summed E-state index contributed by atoms with van der Waals surface area (Å²) in [5.74, 6) is 0.0903. The molecule has 0 saturated heterocycles. The predicted molar refractivity (Wildman–Crippen MR) is 156 cm³/mol. The topological polar surface area (TPSA) is 55.8 Å². The van der Waals surface area contributed by atoms with Crippen molar-refractivity contribution in [2.45, 2.75) is 25.9 Å². The first-order chi connectivity index (χ1) is 18.9. The van der Waals surface area contributed by atoms with Crippen LogP contribution in [0.5, 0.6) is 5.75 Å². The molecule has 1 heterocycles.